The minimum Gasteiger partial charge on any atom is -0.351 e. The van der Waals surface area contributed by atoms with Gasteiger partial charge in [-0.3, -0.25) is 9.69 Å². The van der Waals surface area contributed by atoms with E-state index in [2.05, 4.69) is 26.1 Å². The zero-order valence-electron chi connectivity index (χ0n) is 11.1. The maximum Gasteiger partial charge on any atom is 0.252 e. The summed E-state index contributed by atoms with van der Waals surface area (Å²) < 4.78 is 0.861. The predicted octanol–water partition coefficient (Wildman–Crippen LogP) is 2.54. The molecule has 1 aliphatic heterocycles. The summed E-state index contributed by atoms with van der Waals surface area (Å²) in [6, 6.07) is 5.80. The second kappa shape index (κ2) is 7.31. The molecule has 1 aromatic carbocycles. The summed E-state index contributed by atoms with van der Waals surface area (Å²) in [5.74, 6) is 2.41. The van der Waals surface area contributed by atoms with Crippen LogP contribution in [0.5, 0.6) is 0 Å². The van der Waals surface area contributed by atoms with Crippen molar-refractivity contribution in [2.45, 2.75) is 6.92 Å². The molecule has 0 aromatic heterocycles. The number of rotatable bonds is 4. The van der Waals surface area contributed by atoms with Crippen molar-refractivity contribution in [3.63, 3.8) is 0 Å². The Labute approximate surface area is 127 Å². The highest BCUT2D eigenvalue weighted by atomic mass is 79.9. The quantitative estimate of drug-likeness (QED) is 0.912. The number of carbonyl (C=O) groups is 1. The van der Waals surface area contributed by atoms with Crippen molar-refractivity contribution < 1.29 is 4.79 Å². The van der Waals surface area contributed by atoms with Gasteiger partial charge in [-0.25, -0.2) is 0 Å². The summed E-state index contributed by atoms with van der Waals surface area (Å²) in [6.07, 6.45) is 0. The van der Waals surface area contributed by atoms with E-state index in [1.165, 1.54) is 11.5 Å². The van der Waals surface area contributed by atoms with Crippen LogP contribution in [0, 0.1) is 6.92 Å². The minimum absolute atomic E-state index is 0.00161. The van der Waals surface area contributed by atoms with E-state index in [0.29, 0.717) is 12.1 Å². The molecule has 104 valence electrons. The van der Waals surface area contributed by atoms with Crippen molar-refractivity contribution in [2.24, 2.45) is 0 Å². The van der Waals surface area contributed by atoms with E-state index in [1.54, 1.807) is 0 Å². The standard InChI is InChI=1S/C14H19BrN2OS/c1-11-2-3-12(13(15)10-11)14(18)16-4-5-17-6-8-19-9-7-17/h2-3,10H,4-9H2,1H3,(H,16,18). The number of hydrogen-bond acceptors (Lipinski definition) is 3. The van der Waals surface area contributed by atoms with Gasteiger partial charge < -0.3 is 5.32 Å². The van der Waals surface area contributed by atoms with E-state index in [4.69, 9.17) is 0 Å². The highest BCUT2D eigenvalue weighted by molar-refractivity contribution is 9.10. The van der Waals surface area contributed by atoms with Crippen LogP contribution >= 0.6 is 27.7 Å². The molecule has 3 nitrogen and oxygen atoms in total. The van der Waals surface area contributed by atoms with Gasteiger partial charge in [0.05, 0.1) is 5.56 Å². The number of benzene rings is 1. The molecule has 0 radical (unpaired) electrons. The van der Waals surface area contributed by atoms with Gasteiger partial charge in [0.25, 0.3) is 5.91 Å². The van der Waals surface area contributed by atoms with Crippen LogP contribution in [0.3, 0.4) is 0 Å². The SMILES string of the molecule is Cc1ccc(C(=O)NCCN2CCSCC2)c(Br)c1. The van der Waals surface area contributed by atoms with Crippen molar-refractivity contribution in [1.29, 1.82) is 0 Å². The maximum absolute atomic E-state index is 12.1. The van der Waals surface area contributed by atoms with Crippen molar-refractivity contribution in [2.75, 3.05) is 37.7 Å². The van der Waals surface area contributed by atoms with Crippen LogP contribution in [0.25, 0.3) is 0 Å². The van der Waals surface area contributed by atoms with Crippen molar-refractivity contribution in [3.05, 3.63) is 33.8 Å². The lowest BCUT2D eigenvalue weighted by Crippen LogP contribution is -2.39. The number of amides is 1. The molecule has 2 rings (SSSR count). The Morgan fingerprint density at radius 3 is 2.84 bits per heavy atom. The van der Waals surface area contributed by atoms with Crippen LogP contribution in [0.2, 0.25) is 0 Å². The number of carbonyl (C=O) groups excluding carboxylic acids is 1. The first kappa shape index (κ1) is 14.9. The lowest BCUT2D eigenvalue weighted by Gasteiger charge is -2.26. The lowest BCUT2D eigenvalue weighted by atomic mass is 10.1. The van der Waals surface area contributed by atoms with E-state index in [9.17, 15) is 4.79 Å². The largest absolute Gasteiger partial charge is 0.351 e. The Morgan fingerprint density at radius 1 is 1.42 bits per heavy atom. The topological polar surface area (TPSA) is 32.3 Å². The van der Waals surface area contributed by atoms with Crippen LogP contribution in [-0.2, 0) is 0 Å². The van der Waals surface area contributed by atoms with Crippen molar-refractivity contribution in [3.8, 4) is 0 Å². The smallest absolute Gasteiger partial charge is 0.252 e. The summed E-state index contributed by atoms with van der Waals surface area (Å²) in [5, 5.41) is 2.99. The Bertz CT molecular complexity index is 447. The van der Waals surface area contributed by atoms with E-state index in [1.807, 2.05) is 36.9 Å². The molecule has 1 N–H and O–H groups in total. The first-order valence-electron chi connectivity index (χ1n) is 6.51. The number of hydrogen-bond donors (Lipinski definition) is 1. The maximum atomic E-state index is 12.1. The fourth-order valence-electron chi connectivity index (χ4n) is 2.05. The Hall–Kier alpha value is -0.520. The van der Waals surface area contributed by atoms with E-state index >= 15 is 0 Å². The van der Waals surface area contributed by atoms with E-state index < -0.39 is 0 Å². The molecule has 1 fully saturated rings. The fraction of sp³-hybridized carbons (Fsp3) is 0.500. The molecular formula is C14H19BrN2OS. The molecule has 19 heavy (non-hydrogen) atoms. The highest BCUT2D eigenvalue weighted by Gasteiger charge is 2.12. The normalized spacial score (nSPS) is 16.3. The molecule has 0 saturated carbocycles. The highest BCUT2D eigenvalue weighted by Crippen LogP contribution is 2.18. The van der Waals surface area contributed by atoms with Gasteiger partial charge in [0.2, 0.25) is 0 Å². The first-order valence-corrected chi connectivity index (χ1v) is 8.46. The lowest BCUT2D eigenvalue weighted by molar-refractivity contribution is 0.0948. The van der Waals surface area contributed by atoms with Crippen LogP contribution in [0.15, 0.2) is 22.7 Å². The second-order valence-corrected chi connectivity index (χ2v) is 6.77. The van der Waals surface area contributed by atoms with Crippen LogP contribution in [0.1, 0.15) is 15.9 Å². The molecule has 5 heteroatoms. The molecule has 0 bridgehead atoms. The van der Waals surface area contributed by atoms with E-state index in [0.717, 1.165) is 29.7 Å². The Morgan fingerprint density at radius 2 is 2.16 bits per heavy atom. The molecule has 1 saturated heterocycles. The fourth-order valence-corrected chi connectivity index (χ4v) is 3.70. The molecule has 1 aliphatic rings. The van der Waals surface area contributed by atoms with Crippen molar-refractivity contribution >= 4 is 33.6 Å². The van der Waals surface area contributed by atoms with Crippen LogP contribution < -0.4 is 5.32 Å². The molecular weight excluding hydrogens is 324 g/mol. The second-order valence-electron chi connectivity index (χ2n) is 4.69. The van der Waals surface area contributed by atoms with Crippen LogP contribution in [0.4, 0.5) is 0 Å². The molecule has 0 spiro atoms. The van der Waals surface area contributed by atoms with Gasteiger partial charge in [-0.05, 0) is 40.5 Å². The third-order valence-corrected chi connectivity index (χ3v) is 4.79. The molecule has 1 heterocycles. The summed E-state index contributed by atoms with van der Waals surface area (Å²) >= 11 is 5.45. The summed E-state index contributed by atoms with van der Waals surface area (Å²) in [4.78, 5) is 14.5. The van der Waals surface area contributed by atoms with E-state index in [-0.39, 0.29) is 5.91 Å². The average Bonchev–Trinajstić information content (AvgIpc) is 2.39. The monoisotopic (exact) mass is 342 g/mol. The van der Waals surface area contributed by atoms with Gasteiger partial charge in [0, 0.05) is 42.2 Å². The third-order valence-electron chi connectivity index (χ3n) is 3.19. The zero-order chi connectivity index (χ0) is 13.7. The summed E-state index contributed by atoms with van der Waals surface area (Å²) in [7, 11) is 0. The minimum atomic E-state index is -0.00161. The van der Waals surface area contributed by atoms with Gasteiger partial charge in [0.15, 0.2) is 0 Å². The molecule has 0 aliphatic carbocycles. The number of nitrogens with one attached hydrogen (secondary N) is 1. The van der Waals surface area contributed by atoms with Gasteiger partial charge in [-0.1, -0.05) is 6.07 Å². The molecule has 1 aromatic rings. The number of halogens is 1. The number of nitrogens with zero attached hydrogens (tertiary/aromatic N) is 1. The summed E-state index contributed by atoms with van der Waals surface area (Å²) in [6.45, 7) is 5.93. The third kappa shape index (κ3) is 4.51. The van der Waals surface area contributed by atoms with Gasteiger partial charge in [0.1, 0.15) is 0 Å². The zero-order valence-corrected chi connectivity index (χ0v) is 13.5. The Balaban J connectivity index is 1.80. The average molecular weight is 343 g/mol. The molecule has 1 amide bonds. The van der Waals surface area contributed by atoms with Crippen molar-refractivity contribution in [1.82, 2.24) is 10.2 Å². The molecule has 0 unspecified atom stereocenters. The number of thioether (sulfide) groups is 1. The Kier molecular flexibility index (Phi) is 5.73. The van der Waals surface area contributed by atoms with Gasteiger partial charge >= 0.3 is 0 Å². The predicted molar refractivity (Wildman–Crippen MR) is 85.0 cm³/mol. The van der Waals surface area contributed by atoms with Gasteiger partial charge in [-0.2, -0.15) is 11.8 Å². The first-order chi connectivity index (χ1) is 9.16. The molecule has 0 atom stereocenters. The number of aryl methyl sites for hydroxylation is 1. The van der Waals surface area contributed by atoms with Gasteiger partial charge in [-0.15, -0.1) is 0 Å². The summed E-state index contributed by atoms with van der Waals surface area (Å²) in [5.41, 5.74) is 1.86. The van der Waals surface area contributed by atoms with Crippen LogP contribution in [-0.4, -0.2) is 48.5 Å².